The number of benzene rings is 2. The highest BCUT2D eigenvalue weighted by molar-refractivity contribution is 6.01. The SMILES string of the molecule is Nc1cc([N+](=O)[O-])c2ccccc2c1[N+](=O)[O-]. The highest BCUT2D eigenvalue weighted by atomic mass is 16.6. The lowest BCUT2D eigenvalue weighted by Crippen LogP contribution is -1.99. The molecular formula is C10H7N3O4. The Morgan fingerprint density at radius 2 is 1.59 bits per heavy atom. The smallest absolute Gasteiger partial charge is 0.300 e. The molecule has 0 aliphatic heterocycles. The molecule has 2 rings (SSSR count). The molecule has 2 N–H and O–H groups in total. The number of nitro groups is 2. The number of anilines is 1. The second-order valence-electron chi connectivity index (χ2n) is 3.39. The van der Waals surface area contributed by atoms with E-state index in [2.05, 4.69) is 0 Å². The number of rotatable bonds is 2. The highest BCUT2D eigenvalue weighted by Gasteiger charge is 2.23. The van der Waals surface area contributed by atoms with Crippen LogP contribution in [-0.4, -0.2) is 9.85 Å². The zero-order valence-electron chi connectivity index (χ0n) is 8.49. The number of nitrogens with two attached hydrogens (primary N) is 1. The summed E-state index contributed by atoms with van der Waals surface area (Å²) in [6.07, 6.45) is 0. The van der Waals surface area contributed by atoms with Gasteiger partial charge in [-0.25, -0.2) is 0 Å². The number of hydrogen-bond acceptors (Lipinski definition) is 5. The number of fused-ring (bicyclic) bond motifs is 1. The fourth-order valence-electron chi connectivity index (χ4n) is 1.72. The monoisotopic (exact) mass is 233 g/mol. The van der Waals surface area contributed by atoms with E-state index in [1.54, 1.807) is 12.1 Å². The molecule has 0 atom stereocenters. The topological polar surface area (TPSA) is 112 Å². The van der Waals surface area contributed by atoms with Crippen molar-refractivity contribution in [2.24, 2.45) is 0 Å². The molecule has 7 nitrogen and oxygen atoms in total. The maximum atomic E-state index is 10.9. The van der Waals surface area contributed by atoms with Crippen LogP contribution in [0.3, 0.4) is 0 Å². The summed E-state index contributed by atoms with van der Waals surface area (Å²) in [6, 6.07) is 7.06. The summed E-state index contributed by atoms with van der Waals surface area (Å²) in [5.74, 6) is 0. The average molecular weight is 233 g/mol. The first-order valence-corrected chi connectivity index (χ1v) is 4.62. The van der Waals surface area contributed by atoms with Gasteiger partial charge < -0.3 is 5.73 Å². The first-order chi connectivity index (χ1) is 8.02. The van der Waals surface area contributed by atoms with E-state index in [0.29, 0.717) is 0 Å². The quantitative estimate of drug-likeness (QED) is 0.485. The Hall–Kier alpha value is -2.70. The Morgan fingerprint density at radius 1 is 1.00 bits per heavy atom. The van der Waals surface area contributed by atoms with Crippen LogP contribution in [0.4, 0.5) is 17.1 Å². The van der Waals surface area contributed by atoms with Crippen LogP contribution in [0, 0.1) is 20.2 Å². The van der Waals surface area contributed by atoms with Crippen LogP contribution >= 0.6 is 0 Å². The van der Waals surface area contributed by atoms with Gasteiger partial charge in [0.25, 0.3) is 11.4 Å². The molecule has 7 heteroatoms. The highest BCUT2D eigenvalue weighted by Crippen LogP contribution is 2.37. The lowest BCUT2D eigenvalue weighted by atomic mass is 10.1. The third-order valence-corrected chi connectivity index (χ3v) is 2.40. The van der Waals surface area contributed by atoms with Crippen molar-refractivity contribution in [3.05, 3.63) is 50.6 Å². The van der Waals surface area contributed by atoms with Crippen molar-refractivity contribution >= 4 is 27.8 Å². The van der Waals surface area contributed by atoms with Crippen LogP contribution < -0.4 is 5.73 Å². The van der Waals surface area contributed by atoms with Gasteiger partial charge >= 0.3 is 0 Å². The molecule has 0 aliphatic rings. The Balaban J connectivity index is 2.97. The zero-order valence-corrected chi connectivity index (χ0v) is 8.49. The number of non-ortho nitro benzene ring substituents is 1. The van der Waals surface area contributed by atoms with Gasteiger partial charge in [0.05, 0.1) is 20.6 Å². The second kappa shape index (κ2) is 3.71. The van der Waals surface area contributed by atoms with E-state index >= 15 is 0 Å². The molecule has 17 heavy (non-hydrogen) atoms. The van der Waals surface area contributed by atoms with Gasteiger partial charge in [0.15, 0.2) is 0 Å². The standard InChI is InChI=1S/C10H7N3O4/c11-8-5-9(12(14)15)6-3-1-2-4-7(6)10(8)13(16)17/h1-5H,11H2. The zero-order chi connectivity index (χ0) is 12.6. The molecule has 0 aliphatic carbocycles. The molecule has 0 spiro atoms. The molecule has 0 aromatic heterocycles. The van der Waals surface area contributed by atoms with Crippen LogP contribution in [0.2, 0.25) is 0 Å². The molecule has 0 radical (unpaired) electrons. The molecule has 0 saturated heterocycles. The van der Waals surface area contributed by atoms with Crippen LogP contribution in [0.1, 0.15) is 0 Å². The van der Waals surface area contributed by atoms with Crippen molar-refractivity contribution in [1.29, 1.82) is 0 Å². The number of nitro benzene ring substituents is 2. The van der Waals surface area contributed by atoms with Gasteiger partial charge in [-0.1, -0.05) is 12.1 Å². The first-order valence-electron chi connectivity index (χ1n) is 4.62. The average Bonchev–Trinajstić information content (AvgIpc) is 2.27. The third-order valence-electron chi connectivity index (χ3n) is 2.40. The van der Waals surface area contributed by atoms with Crippen LogP contribution in [0.5, 0.6) is 0 Å². The molecule has 86 valence electrons. The van der Waals surface area contributed by atoms with Gasteiger partial charge in [-0.15, -0.1) is 0 Å². The van der Waals surface area contributed by atoms with Gasteiger partial charge in [-0.3, -0.25) is 20.2 Å². The summed E-state index contributed by atoms with van der Waals surface area (Å²) in [5.41, 5.74) is 4.74. The van der Waals surface area contributed by atoms with Crippen molar-refractivity contribution in [2.45, 2.75) is 0 Å². The predicted octanol–water partition coefficient (Wildman–Crippen LogP) is 2.24. The summed E-state index contributed by atoms with van der Waals surface area (Å²) in [5, 5.41) is 22.1. The first kappa shape index (κ1) is 10.8. The molecular weight excluding hydrogens is 226 g/mol. The number of nitrogens with zero attached hydrogens (tertiary/aromatic N) is 2. The van der Waals surface area contributed by atoms with E-state index in [9.17, 15) is 20.2 Å². The largest absolute Gasteiger partial charge is 0.393 e. The molecule has 2 aromatic rings. The minimum atomic E-state index is -0.638. The fraction of sp³-hybridized carbons (Fsp3) is 0. The maximum absolute atomic E-state index is 10.9. The number of nitrogen functional groups attached to an aromatic ring is 1. The lowest BCUT2D eigenvalue weighted by molar-refractivity contribution is -0.385. The summed E-state index contributed by atoms with van der Waals surface area (Å²) >= 11 is 0. The normalized spacial score (nSPS) is 10.4. The Labute approximate surface area is 94.8 Å². The molecule has 0 bridgehead atoms. The van der Waals surface area contributed by atoms with E-state index in [1.165, 1.54) is 12.1 Å². The van der Waals surface area contributed by atoms with E-state index in [4.69, 9.17) is 5.73 Å². The van der Waals surface area contributed by atoms with Gasteiger partial charge in [-0.05, 0) is 12.1 Å². The summed E-state index contributed by atoms with van der Waals surface area (Å²) in [7, 11) is 0. The van der Waals surface area contributed by atoms with E-state index in [0.717, 1.165) is 6.07 Å². The van der Waals surface area contributed by atoms with Crippen molar-refractivity contribution in [2.75, 3.05) is 5.73 Å². The van der Waals surface area contributed by atoms with E-state index in [-0.39, 0.29) is 27.8 Å². The molecule has 0 unspecified atom stereocenters. The van der Waals surface area contributed by atoms with Gasteiger partial charge in [-0.2, -0.15) is 0 Å². The van der Waals surface area contributed by atoms with Crippen LogP contribution in [0.15, 0.2) is 30.3 Å². The molecule has 0 saturated carbocycles. The Kier molecular flexibility index (Phi) is 2.36. The molecule has 0 heterocycles. The van der Waals surface area contributed by atoms with Crippen molar-refractivity contribution in [3.63, 3.8) is 0 Å². The third kappa shape index (κ3) is 1.63. The minimum absolute atomic E-state index is 0.171. The summed E-state index contributed by atoms with van der Waals surface area (Å²) < 4.78 is 0. The Bertz CT molecular complexity index is 639. The second-order valence-corrected chi connectivity index (χ2v) is 3.39. The van der Waals surface area contributed by atoms with Crippen molar-refractivity contribution in [1.82, 2.24) is 0 Å². The Morgan fingerprint density at radius 3 is 2.12 bits per heavy atom. The predicted molar refractivity (Wildman–Crippen MR) is 61.7 cm³/mol. The minimum Gasteiger partial charge on any atom is -0.393 e. The van der Waals surface area contributed by atoms with Crippen LogP contribution in [0.25, 0.3) is 10.8 Å². The van der Waals surface area contributed by atoms with Crippen LogP contribution in [-0.2, 0) is 0 Å². The summed E-state index contributed by atoms with van der Waals surface area (Å²) in [4.78, 5) is 20.5. The van der Waals surface area contributed by atoms with Crippen molar-refractivity contribution < 1.29 is 9.85 Å². The fourth-order valence-corrected chi connectivity index (χ4v) is 1.72. The van der Waals surface area contributed by atoms with Crippen molar-refractivity contribution in [3.8, 4) is 0 Å². The maximum Gasteiger partial charge on any atom is 0.300 e. The van der Waals surface area contributed by atoms with E-state index in [1.807, 2.05) is 0 Å². The molecule has 2 aromatic carbocycles. The van der Waals surface area contributed by atoms with Gasteiger partial charge in [0.2, 0.25) is 0 Å². The molecule has 0 amide bonds. The van der Waals surface area contributed by atoms with Gasteiger partial charge in [0.1, 0.15) is 5.69 Å². The van der Waals surface area contributed by atoms with Gasteiger partial charge in [0, 0.05) is 6.07 Å². The van der Waals surface area contributed by atoms with E-state index < -0.39 is 9.85 Å². The molecule has 0 fully saturated rings. The lowest BCUT2D eigenvalue weighted by Gasteiger charge is -2.03. The number of hydrogen-bond donors (Lipinski definition) is 1. The summed E-state index contributed by atoms with van der Waals surface area (Å²) in [6.45, 7) is 0.